The van der Waals surface area contributed by atoms with Crippen LogP contribution in [0.4, 0.5) is 10.5 Å². The number of carbonyl (C=O) groups is 2. The molecule has 0 bridgehead atoms. The maximum Gasteiger partial charge on any atom is 0.408 e. The molecule has 1 unspecified atom stereocenters. The highest BCUT2D eigenvalue weighted by molar-refractivity contribution is 5.87. The standard InChI is InChI=1S/C15H20N2O6/c1-14(2,3)23-13(19)16-15(4,12(18)22-5)10-7-6-8-11(9-10)17(20)21/h6-9H,1-5H3,(H,16,19). The van der Waals surface area contributed by atoms with Gasteiger partial charge < -0.3 is 14.8 Å². The van der Waals surface area contributed by atoms with Gasteiger partial charge in [-0.1, -0.05) is 12.1 Å². The van der Waals surface area contributed by atoms with E-state index in [2.05, 4.69) is 5.32 Å². The number of ether oxygens (including phenoxy) is 2. The highest BCUT2D eigenvalue weighted by atomic mass is 16.6. The van der Waals surface area contributed by atoms with E-state index < -0.39 is 28.1 Å². The van der Waals surface area contributed by atoms with Crippen LogP contribution in [0.3, 0.4) is 0 Å². The topological polar surface area (TPSA) is 108 Å². The molecule has 0 aliphatic rings. The summed E-state index contributed by atoms with van der Waals surface area (Å²) in [7, 11) is 1.16. The molecule has 126 valence electrons. The van der Waals surface area contributed by atoms with Gasteiger partial charge in [0.1, 0.15) is 5.60 Å². The Morgan fingerprint density at radius 2 is 1.83 bits per heavy atom. The molecule has 1 N–H and O–H groups in total. The molecule has 0 radical (unpaired) electrons. The molecule has 23 heavy (non-hydrogen) atoms. The Balaban J connectivity index is 3.22. The number of non-ortho nitro benzene ring substituents is 1. The summed E-state index contributed by atoms with van der Waals surface area (Å²) in [5.74, 6) is -0.774. The molecule has 0 aliphatic heterocycles. The van der Waals surface area contributed by atoms with E-state index >= 15 is 0 Å². The van der Waals surface area contributed by atoms with Crippen LogP contribution in [0.25, 0.3) is 0 Å². The summed E-state index contributed by atoms with van der Waals surface area (Å²) in [5, 5.41) is 13.3. The molecule has 8 nitrogen and oxygen atoms in total. The molecule has 1 rings (SSSR count). The van der Waals surface area contributed by atoms with Gasteiger partial charge in [0.2, 0.25) is 0 Å². The highest BCUT2D eigenvalue weighted by Gasteiger charge is 2.40. The molecule has 1 atom stereocenters. The van der Waals surface area contributed by atoms with Gasteiger partial charge in [-0.15, -0.1) is 0 Å². The first-order valence-corrected chi connectivity index (χ1v) is 6.84. The van der Waals surface area contributed by atoms with Crippen molar-refractivity contribution in [2.45, 2.75) is 38.8 Å². The van der Waals surface area contributed by atoms with Crippen molar-refractivity contribution in [2.24, 2.45) is 0 Å². The fraction of sp³-hybridized carbons (Fsp3) is 0.467. The number of rotatable bonds is 4. The van der Waals surface area contributed by atoms with Crippen LogP contribution >= 0.6 is 0 Å². The number of hydrogen-bond donors (Lipinski definition) is 1. The van der Waals surface area contributed by atoms with Crippen molar-refractivity contribution >= 4 is 17.7 Å². The molecule has 0 spiro atoms. The summed E-state index contributed by atoms with van der Waals surface area (Å²) < 4.78 is 9.86. The van der Waals surface area contributed by atoms with E-state index in [1.807, 2.05) is 0 Å². The molecule has 1 amide bonds. The minimum absolute atomic E-state index is 0.205. The van der Waals surface area contributed by atoms with Gasteiger partial charge >= 0.3 is 12.1 Å². The number of hydrogen-bond acceptors (Lipinski definition) is 6. The van der Waals surface area contributed by atoms with Crippen molar-refractivity contribution in [3.63, 3.8) is 0 Å². The largest absolute Gasteiger partial charge is 0.467 e. The van der Waals surface area contributed by atoms with Gasteiger partial charge in [-0.3, -0.25) is 10.1 Å². The maximum absolute atomic E-state index is 12.2. The van der Waals surface area contributed by atoms with Crippen LogP contribution < -0.4 is 5.32 Å². The third-order valence-corrected chi connectivity index (χ3v) is 2.98. The van der Waals surface area contributed by atoms with E-state index in [0.29, 0.717) is 0 Å². The molecule has 8 heteroatoms. The fourth-order valence-corrected chi connectivity index (χ4v) is 1.88. The van der Waals surface area contributed by atoms with E-state index in [9.17, 15) is 19.7 Å². The number of nitro benzene ring substituents is 1. The molecule has 0 saturated carbocycles. The normalized spacial score (nSPS) is 13.6. The number of carbonyl (C=O) groups excluding carboxylic acids is 2. The second-order valence-corrected chi connectivity index (χ2v) is 6.05. The number of esters is 1. The molecular formula is C15H20N2O6. The van der Waals surface area contributed by atoms with Gasteiger partial charge in [0.15, 0.2) is 5.54 Å². The number of methoxy groups -OCH3 is 1. The minimum atomic E-state index is -1.62. The Hall–Kier alpha value is -2.64. The minimum Gasteiger partial charge on any atom is -0.467 e. The quantitative estimate of drug-likeness (QED) is 0.518. The summed E-state index contributed by atoms with van der Waals surface area (Å²) >= 11 is 0. The molecule has 0 aromatic heterocycles. The van der Waals surface area contributed by atoms with Crippen molar-refractivity contribution in [2.75, 3.05) is 7.11 Å². The van der Waals surface area contributed by atoms with Gasteiger partial charge in [0, 0.05) is 12.1 Å². The lowest BCUT2D eigenvalue weighted by atomic mass is 9.91. The van der Waals surface area contributed by atoms with Gasteiger partial charge in [-0.25, -0.2) is 9.59 Å². The van der Waals surface area contributed by atoms with Crippen LogP contribution in [0.1, 0.15) is 33.3 Å². The predicted octanol–water partition coefficient (Wildman–Crippen LogP) is 2.51. The first kappa shape index (κ1) is 18.4. The summed E-state index contributed by atoms with van der Waals surface area (Å²) in [4.78, 5) is 34.5. The zero-order chi connectivity index (χ0) is 17.8. The van der Waals surface area contributed by atoms with Gasteiger partial charge in [-0.2, -0.15) is 0 Å². The monoisotopic (exact) mass is 324 g/mol. The number of alkyl carbamates (subject to hydrolysis) is 1. The summed E-state index contributed by atoms with van der Waals surface area (Å²) in [6, 6.07) is 5.40. The highest BCUT2D eigenvalue weighted by Crippen LogP contribution is 2.26. The smallest absolute Gasteiger partial charge is 0.408 e. The summed E-state index contributed by atoms with van der Waals surface area (Å²) in [5.41, 5.74) is -2.37. The number of benzene rings is 1. The molecule has 0 saturated heterocycles. The van der Waals surface area contributed by atoms with E-state index in [4.69, 9.17) is 9.47 Å². The molecule has 0 heterocycles. The van der Waals surface area contributed by atoms with Crippen molar-refractivity contribution in [3.05, 3.63) is 39.9 Å². The third kappa shape index (κ3) is 4.67. The van der Waals surface area contributed by atoms with Crippen molar-refractivity contribution < 1.29 is 24.0 Å². The first-order chi connectivity index (χ1) is 10.5. The Bertz CT molecular complexity index is 623. The van der Waals surface area contributed by atoms with Crippen LogP contribution in [0.5, 0.6) is 0 Å². The lowest BCUT2D eigenvalue weighted by Crippen LogP contribution is -2.51. The zero-order valence-corrected chi connectivity index (χ0v) is 13.7. The average Bonchev–Trinajstić information content (AvgIpc) is 2.44. The lowest BCUT2D eigenvalue weighted by Gasteiger charge is -2.29. The van der Waals surface area contributed by atoms with E-state index in [1.165, 1.54) is 31.2 Å². The third-order valence-electron chi connectivity index (χ3n) is 2.98. The van der Waals surface area contributed by atoms with Crippen molar-refractivity contribution in [1.82, 2.24) is 5.32 Å². The van der Waals surface area contributed by atoms with Crippen LogP contribution in [0.2, 0.25) is 0 Å². The Morgan fingerprint density at radius 1 is 1.22 bits per heavy atom. The van der Waals surface area contributed by atoms with Crippen LogP contribution in [0.15, 0.2) is 24.3 Å². The fourth-order valence-electron chi connectivity index (χ4n) is 1.88. The van der Waals surface area contributed by atoms with Gasteiger partial charge in [0.25, 0.3) is 5.69 Å². The molecule has 1 aromatic carbocycles. The maximum atomic E-state index is 12.2. The molecule has 0 aliphatic carbocycles. The van der Waals surface area contributed by atoms with E-state index in [1.54, 1.807) is 20.8 Å². The molecular weight excluding hydrogens is 304 g/mol. The number of nitrogens with zero attached hydrogens (tertiary/aromatic N) is 1. The second kappa shape index (κ2) is 6.64. The van der Waals surface area contributed by atoms with Crippen molar-refractivity contribution in [3.8, 4) is 0 Å². The van der Waals surface area contributed by atoms with Crippen LogP contribution in [-0.4, -0.2) is 29.7 Å². The predicted molar refractivity (Wildman–Crippen MR) is 81.8 cm³/mol. The summed E-state index contributed by atoms with van der Waals surface area (Å²) in [6.45, 7) is 6.42. The molecule has 1 aromatic rings. The second-order valence-electron chi connectivity index (χ2n) is 6.05. The van der Waals surface area contributed by atoms with E-state index in [-0.39, 0.29) is 11.3 Å². The zero-order valence-electron chi connectivity index (χ0n) is 13.7. The first-order valence-electron chi connectivity index (χ1n) is 6.84. The van der Waals surface area contributed by atoms with Crippen molar-refractivity contribution in [1.29, 1.82) is 0 Å². The van der Waals surface area contributed by atoms with Gasteiger partial charge in [-0.05, 0) is 33.3 Å². The number of nitrogens with one attached hydrogen (secondary N) is 1. The average molecular weight is 324 g/mol. The van der Waals surface area contributed by atoms with Crippen LogP contribution in [-0.2, 0) is 19.8 Å². The SMILES string of the molecule is COC(=O)C(C)(NC(=O)OC(C)(C)C)c1cccc([N+](=O)[O-])c1. The number of amides is 1. The molecule has 0 fully saturated rings. The Morgan fingerprint density at radius 3 is 2.30 bits per heavy atom. The van der Waals surface area contributed by atoms with E-state index in [0.717, 1.165) is 7.11 Å². The lowest BCUT2D eigenvalue weighted by molar-refractivity contribution is -0.385. The Kier molecular flexibility index (Phi) is 5.31. The summed E-state index contributed by atoms with van der Waals surface area (Å²) in [6.07, 6.45) is -0.836. The van der Waals surface area contributed by atoms with Crippen LogP contribution in [0, 0.1) is 10.1 Å². The Labute approximate surface area is 133 Å². The van der Waals surface area contributed by atoms with Gasteiger partial charge in [0.05, 0.1) is 12.0 Å². The number of nitro groups is 1.